The number of carbonyl (C=O) groups is 1. The Hall–Kier alpha value is -4.11. The molecule has 158 valence electrons. The number of rotatable bonds is 3. The molecule has 0 unspecified atom stereocenters. The van der Waals surface area contributed by atoms with Gasteiger partial charge in [0, 0.05) is 22.8 Å². The van der Waals surface area contributed by atoms with Crippen LogP contribution in [0.25, 0.3) is 16.8 Å². The molecule has 0 atom stereocenters. The molecule has 32 heavy (non-hydrogen) atoms. The molecule has 0 spiro atoms. The maximum atomic E-state index is 9.84. The summed E-state index contributed by atoms with van der Waals surface area (Å²) in [5.41, 5.74) is 2.78. The van der Waals surface area contributed by atoms with E-state index in [2.05, 4.69) is 108 Å². The van der Waals surface area contributed by atoms with Gasteiger partial charge in [0.25, 0.3) is 0 Å². The summed E-state index contributed by atoms with van der Waals surface area (Å²) in [6.07, 6.45) is 5.51. The fourth-order valence-electron chi connectivity index (χ4n) is 3.88. The van der Waals surface area contributed by atoms with E-state index in [0.29, 0.717) is 0 Å². The molecule has 4 aromatic carbocycles. The fraction of sp³-hybridized carbons (Fsp3) is 0.0690. The van der Waals surface area contributed by atoms with Crippen molar-refractivity contribution in [3.05, 3.63) is 132 Å². The highest BCUT2D eigenvalue weighted by atomic mass is 16.5. The highest BCUT2D eigenvalue weighted by Gasteiger charge is 2.37. The van der Waals surface area contributed by atoms with E-state index >= 15 is 0 Å². The van der Waals surface area contributed by atoms with Gasteiger partial charge in [0.2, 0.25) is 0 Å². The van der Waals surface area contributed by atoms with Gasteiger partial charge in [0.15, 0.2) is 5.60 Å². The van der Waals surface area contributed by atoms with E-state index in [1.165, 1.54) is 17.9 Å². The lowest BCUT2D eigenvalue weighted by atomic mass is 9.83. The lowest BCUT2D eigenvalue weighted by Crippen LogP contribution is -2.34. The van der Waals surface area contributed by atoms with Crippen LogP contribution in [0.4, 0.5) is 0 Å². The molecule has 0 radical (unpaired) electrons. The first-order valence-corrected chi connectivity index (χ1v) is 10.4. The Labute approximate surface area is 188 Å². The number of carbonyl (C=O) groups excluding carboxylic acids is 1. The predicted octanol–water partition coefficient (Wildman–Crippen LogP) is 6.53. The fourth-order valence-corrected chi connectivity index (χ4v) is 3.88. The second kappa shape index (κ2) is 9.36. The van der Waals surface area contributed by atoms with Crippen molar-refractivity contribution in [1.29, 1.82) is 0 Å². The maximum absolute atomic E-state index is 9.84. The van der Waals surface area contributed by atoms with Gasteiger partial charge in [-0.2, -0.15) is 0 Å². The monoisotopic (exact) mass is 420 g/mol. The maximum Gasteiger partial charge on any atom is 0.329 e. The van der Waals surface area contributed by atoms with Crippen LogP contribution in [-0.2, 0) is 15.1 Å². The van der Waals surface area contributed by atoms with Crippen LogP contribution >= 0.6 is 0 Å². The van der Waals surface area contributed by atoms with Gasteiger partial charge in [0.05, 0.1) is 7.11 Å². The summed E-state index contributed by atoms with van der Waals surface area (Å²) in [5.74, 6) is 0.522. The molecule has 1 aliphatic heterocycles. The van der Waals surface area contributed by atoms with Crippen LogP contribution in [0.5, 0.6) is 5.75 Å². The molecule has 0 fully saturated rings. The Balaban J connectivity index is 0.000000363. The van der Waals surface area contributed by atoms with Crippen molar-refractivity contribution in [1.82, 2.24) is 0 Å². The molecule has 0 saturated heterocycles. The molecule has 0 bridgehead atoms. The van der Waals surface area contributed by atoms with Crippen molar-refractivity contribution in [2.45, 2.75) is 5.60 Å². The summed E-state index contributed by atoms with van der Waals surface area (Å²) in [7, 11) is 1.31. The van der Waals surface area contributed by atoms with Crippen LogP contribution in [0.2, 0.25) is 0 Å². The van der Waals surface area contributed by atoms with E-state index in [0.717, 1.165) is 28.5 Å². The molecule has 0 aliphatic carbocycles. The highest BCUT2D eigenvalue weighted by Crippen LogP contribution is 2.43. The zero-order valence-electron chi connectivity index (χ0n) is 17.9. The lowest BCUT2D eigenvalue weighted by Gasteiger charge is -2.36. The summed E-state index contributed by atoms with van der Waals surface area (Å²) in [5, 5.41) is 2.45. The zero-order valence-corrected chi connectivity index (χ0v) is 17.9. The molecule has 1 heterocycles. The summed E-state index contributed by atoms with van der Waals surface area (Å²) in [6, 6.07) is 33.5. The van der Waals surface area contributed by atoms with E-state index in [9.17, 15) is 4.79 Å². The number of fused-ring (bicyclic) bond motifs is 3. The van der Waals surface area contributed by atoms with Gasteiger partial charge in [-0.3, -0.25) is 0 Å². The van der Waals surface area contributed by atoms with Crippen molar-refractivity contribution in [3.63, 3.8) is 0 Å². The van der Waals surface area contributed by atoms with Gasteiger partial charge in [-0.1, -0.05) is 97.6 Å². The third-order valence-electron chi connectivity index (χ3n) is 5.46. The first kappa shape index (κ1) is 21.1. The first-order chi connectivity index (χ1) is 15.7. The van der Waals surface area contributed by atoms with Crippen LogP contribution in [0.15, 0.2) is 116 Å². The third kappa shape index (κ3) is 4.06. The van der Waals surface area contributed by atoms with E-state index in [1.54, 1.807) is 0 Å². The Kier molecular flexibility index (Phi) is 6.18. The normalized spacial score (nSPS) is 13.2. The molecule has 0 aromatic heterocycles. The van der Waals surface area contributed by atoms with Crippen LogP contribution in [0.3, 0.4) is 0 Å². The van der Waals surface area contributed by atoms with Crippen molar-refractivity contribution in [2.75, 3.05) is 7.11 Å². The summed E-state index contributed by atoms with van der Waals surface area (Å²) in [6.45, 7) is 3.16. The smallest absolute Gasteiger partial charge is 0.329 e. The first-order valence-electron chi connectivity index (χ1n) is 10.4. The molecule has 4 aromatic rings. The number of benzene rings is 4. The standard InChI is InChI=1S/C25H18O.C4H6O2/c1-3-10-20(11-4-1)25(21-12-5-2-6-13-21)18-17-23-22-14-8-7-9-19(22)15-16-24(23)26-25;1-3-4(5)6-2/h1-18H;3H,1H2,2H3. The highest BCUT2D eigenvalue weighted by molar-refractivity contribution is 5.94. The molecule has 3 nitrogen and oxygen atoms in total. The second-order valence-electron chi connectivity index (χ2n) is 7.33. The van der Waals surface area contributed by atoms with Gasteiger partial charge in [-0.15, -0.1) is 0 Å². The molecule has 0 saturated carbocycles. The minimum Gasteiger partial charge on any atom is -0.473 e. The predicted molar refractivity (Wildman–Crippen MR) is 129 cm³/mol. The van der Waals surface area contributed by atoms with Gasteiger partial charge in [-0.25, -0.2) is 4.79 Å². The molecule has 0 N–H and O–H groups in total. The van der Waals surface area contributed by atoms with Crippen LogP contribution in [-0.4, -0.2) is 13.1 Å². The minimum atomic E-state index is -0.613. The third-order valence-corrected chi connectivity index (χ3v) is 5.46. The van der Waals surface area contributed by atoms with Gasteiger partial charge in [-0.05, 0) is 29.0 Å². The Morgan fingerprint density at radius 2 is 1.44 bits per heavy atom. The zero-order chi connectivity index (χ0) is 22.4. The van der Waals surface area contributed by atoms with E-state index in [4.69, 9.17) is 4.74 Å². The van der Waals surface area contributed by atoms with E-state index < -0.39 is 11.6 Å². The van der Waals surface area contributed by atoms with Gasteiger partial charge < -0.3 is 9.47 Å². The molecule has 1 aliphatic rings. The Bertz CT molecular complexity index is 1220. The van der Waals surface area contributed by atoms with Crippen molar-refractivity contribution < 1.29 is 14.3 Å². The van der Waals surface area contributed by atoms with Crippen LogP contribution in [0.1, 0.15) is 16.7 Å². The average molecular weight is 421 g/mol. The minimum absolute atomic E-state index is 0.394. The summed E-state index contributed by atoms with van der Waals surface area (Å²) >= 11 is 0. The number of esters is 1. The number of hydrogen-bond acceptors (Lipinski definition) is 3. The lowest BCUT2D eigenvalue weighted by molar-refractivity contribution is -0.134. The Morgan fingerprint density at radius 3 is 2.00 bits per heavy atom. The topological polar surface area (TPSA) is 35.5 Å². The molecular formula is C29H24O3. The summed E-state index contributed by atoms with van der Waals surface area (Å²) < 4.78 is 10.9. The van der Waals surface area contributed by atoms with Crippen LogP contribution < -0.4 is 4.74 Å². The largest absolute Gasteiger partial charge is 0.473 e. The number of hydrogen-bond donors (Lipinski definition) is 0. The van der Waals surface area contributed by atoms with E-state index in [1.807, 2.05) is 12.1 Å². The van der Waals surface area contributed by atoms with Gasteiger partial charge >= 0.3 is 5.97 Å². The average Bonchev–Trinajstić information content (AvgIpc) is 2.89. The number of ether oxygens (including phenoxy) is 2. The van der Waals surface area contributed by atoms with Crippen molar-refractivity contribution >= 4 is 22.8 Å². The molecule has 5 rings (SSSR count). The molecule has 3 heteroatoms. The quantitative estimate of drug-likeness (QED) is 0.279. The molecular weight excluding hydrogens is 396 g/mol. The SMILES string of the molecule is C1=CC(c2ccccc2)(c2ccccc2)Oc2ccc3ccccc3c21.C=CC(=O)OC. The van der Waals surface area contributed by atoms with E-state index in [-0.39, 0.29) is 0 Å². The van der Waals surface area contributed by atoms with Gasteiger partial charge in [0.1, 0.15) is 5.75 Å². The van der Waals surface area contributed by atoms with Crippen molar-refractivity contribution in [3.8, 4) is 5.75 Å². The number of methoxy groups -OCH3 is 1. The Morgan fingerprint density at radius 1 is 0.844 bits per heavy atom. The molecule has 0 amide bonds. The van der Waals surface area contributed by atoms with Crippen molar-refractivity contribution in [2.24, 2.45) is 0 Å². The van der Waals surface area contributed by atoms with Crippen LogP contribution in [0, 0.1) is 0 Å². The second-order valence-corrected chi connectivity index (χ2v) is 7.33. The summed E-state index contributed by atoms with van der Waals surface area (Å²) in [4.78, 5) is 9.84.